The van der Waals surface area contributed by atoms with E-state index in [0.29, 0.717) is 13.0 Å². The van der Waals surface area contributed by atoms with Gasteiger partial charge in [-0.2, -0.15) is 5.10 Å². The molecule has 3 amide bonds. The van der Waals surface area contributed by atoms with Gasteiger partial charge in [0.05, 0.1) is 0 Å². The third-order valence-corrected chi connectivity index (χ3v) is 3.76. The van der Waals surface area contributed by atoms with Gasteiger partial charge in [-0.1, -0.05) is 0 Å². The number of rotatable bonds is 1. The Labute approximate surface area is 109 Å². The zero-order chi connectivity index (χ0) is 13.6. The summed E-state index contributed by atoms with van der Waals surface area (Å²) in [6, 6.07) is 1.72. The van der Waals surface area contributed by atoms with E-state index >= 15 is 0 Å². The molecule has 1 aromatic heterocycles. The number of piperidine rings is 1. The normalized spacial score (nSPS) is 26.4. The highest BCUT2D eigenvalue weighted by atomic mass is 16.2. The second-order valence-corrected chi connectivity index (χ2v) is 4.95. The quantitative estimate of drug-likeness (QED) is 0.695. The van der Waals surface area contributed by atoms with Gasteiger partial charge in [0.25, 0.3) is 11.8 Å². The van der Waals surface area contributed by atoms with Crippen molar-refractivity contribution >= 4 is 17.7 Å². The molecule has 7 nitrogen and oxygen atoms in total. The van der Waals surface area contributed by atoms with Crippen molar-refractivity contribution in [2.45, 2.75) is 31.8 Å². The molecule has 1 unspecified atom stereocenters. The van der Waals surface area contributed by atoms with Crippen LogP contribution in [-0.2, 0) is 16.1 Å². The standard InChI is InChI=1S/C12H12N4O3/c1-12(4-2-8(17)14-11(12)19)16-6-7-3-5-13-15-9(7)10(16)18/h3,5H,2,4,6H2,1H3,(H,14,17,19). The van der Waals surface area contributed by atoms with E-state index in [1.165, 1.54) is 11.1 Å². The Kier molecular flexibility index (Phi) is 2.38. The van der Waals surface area contributed by atoms with E-state index in [0.717, 1.165) is 5.56 Å². The molecule has 0 bridgehead atoms. The van der Waals surface area contributed by atoms with Crippen molar-refractivity contribution in [2.75, 3.05) is 0 Å². The molecule has 98 valence electrons. The van der Waals surface area contributed by atoms with Crippen molar-refractivity contribution in [3.05, 3.63) is 23.5 Å². The maximum atomic E-state index is 12.3. The molecular weight excluding hydrogens is 248 g/mol. The first kappa shape index (κ1) is 11.8. The van der Waals surface area contributed by atoms with Crippen LogP contribution in [0.4, 0.5) is 0 Å². The molecule has 1 fully saturated rings. The lowest BCUT2D eigenvalue weighted by molar-refractivity contribution is -0.142. The van der Waals surface area contributed by atoms with E-state index in [4.69, 9.17) is 0 Å². The van der Waals surface area contributed by atoms with E-state index in [-0.39, 0.29) is 23.9 Å². The number of imide groups is 1. The first-order chi connectivity index (χ1) is 9.02. The molecule has 0 spiro atoms. The molecule has 1 atom stereocenters. The van der Waals surface area contributed by atoms with E-state index in [1.807, 2.05) is 0 Å². The Morgan fingerprint density at radius 1 is 1.37 bits per heavy atom. The summed E-state index contributed by atoms with van der Waals surface area (Å²) in [6.45, 7) is 1.99. The fourth-order valence-corrected chi connectivity index (χ4v) is 2.49. The fraction of sp³-hybridized carbons (Fsp3) is 0.417. The SMILES string of the molecule is CC1(N2Cc3ccnnc3C2=O)CCC(=O)NC1=O. The average Bonchev–Trinajstić information content (AvgIpc) is 2.73. The van der Waals surface area contributed by atoms with Gasteiger partial charge in [-0.25, -0.2) is 0 Å². The molecule has 1 aromatic rings. The Balaban J connectivity index is 1.95. The topological polar surface area (TPSA) is 92.3 Å². The number of hydrogen-bond donors (Lipinski definition) is 1. The van der Waals surface area contributed by atoms with Crippen LogP contribution in [0.1, 0.15) is 35.8 Å². The van der Waals surface area contributed by atoms with Crippen LogP contribution in [0.25, 0.3) is 0 Å². The molecular formula is C12H12N4O3. The number of amides is 3. The lowest BCUT2D eigenvalue weighted by atomic mass is 9.89. The molecule has 0 radical (unpaired) electrons. The van der Waals surface area contributed by atoms with Crippen molar-refractivity contribution in [3.63, 3.8) is 0 Å². The first-order valence-electron chi connectivity index (χ1n) is 5.99. The molecule has 0 aliphatic carbocycles. The molecule has 3 heterocycles. The second-order valence-electron chi connectivity index (χ2n) is 4.95. The van der Waals surface area contributed by atoms with Gasteiger partial charge < -0.3 is 4.90 Å². The van der Waals surface area contributed by atoms with Gasteiger partial charge in [0.2, 0.25) is 5.91 Å². The summed E-state index contributed by atoms with van der Waals surface area (Å²) in [5, 5.41) is 9.79. The summed E-state index contributed by atoms with van der Waals surface area (Å²) in [5.74, 6) is -1.04. The van der Waals surface area contributed by atoms with Gasteiger partial charge in [-0.3, -0.25) is 19.7 Å². The number of fused-ring (bicyclic) bond motifs is 1. The molecule has 2 aliphatic heterocycles. The molecule has 3 rings (SSSR count). The van der Waals surface area contributed by atoms with Gasteiger partial charge in [-0.05, 0) is 19.4 Å². The van der Waals surface area contributed by atoms with Gasteiger partial charge in [0.15, 0.2) is 5.69 Å². The number of aromatic nitrogens is 2. The van der Waals surface area contributed by atoms with Crippen LogP contribution in [0, 0.1) is 0 Å². The number of nitrogens with one attached hydrogen (secondary N) is 1. The highest BCUT2D eigenvalue weighted by Crippen LogP contribution is 2.32. The number of carbonyl (C=O) groups excluding carboxylic acids is 3. The highest BCUT2D eigenvalue weighted by molar-refractivity contribution is 6.06. The number of hydrogen-bond acceptors (Lipinski definition) is 5. The molecule has 0 aromatic carbocycles. The van der Waals surface area contributed by atoms with Crippen molar-refractivity contribution in [1.29, 1.82) is 0 Å². The Morgan fingerprint density at radius 2 is 2.16 bits per heavy atom. The lowest BCUT2D eigenvalue weighted by Crippen LogP contribution is -2.61. The van der Waals surface area contributed by atoms with Gasteiger partial charge >= 0.3 is 0 Å². The third kappa shape index (κ3) is 1.61. The Morgan fingerprint density at radius 3 is 2.84 bits per heavy atom. The summed E-state index contributed by atoms with van der Waals surface area (Å²) in [6.07, 6.45) is 2.07. The van der Waals surface area contributed by atoms with Gasteiger partial charge in [0.1, 0.15) is 5.54 Å². The largest absolute Gasteiger partial charge is 0.318 e. The number of nitrogens with zero attached hydrogens (tertiary/aromatic N) is 3. The van der Waals surface area contributed by atoms with Crippen molar-refractivity contribution in [3.8, 4) is 0 Å². The third-order valence-electron chi connectivity index (χ3n) is 3.76. The van der Waals surface area contributed by atoms with Gasteiger partial charge in [-0.15, -0.1) is 5.10 Å². The number of carbonyl (C=O) groups is 3. The van der Waals surface area contributed by atoms with Crippen LogP contribution in [0.2, 0.25) is 0 Å². The monoisotopic (exact) mass is 260 g/mol. The van der Waals surface area contributed by atoms with Crippen LogP contribution in [0.3, 0.4) is 0 Å². The predicted octanol–water partition coefficient (Wildman–Crippen LogP) is -0.372. The van der Waals surface area contributed by atoms with Crippen LogP contribution in [0.15, 0.2) is 12.3 Å². The summed E-state index contributed by atoms with van der Waals surface area (Å²) in [7, 11) is 0. The molecule has 19 heavy (non-hydrogen) atoms. The predicted molar refractivity (Wildman–Crippen MR) is 62.7 cm³/mol. The summed E-state index contributed by atoms with van der Waals surface area (Å²) < 4.78 is 0. The van der Waals surface area contributed by atoms with E-state index < -0.39 is 11.4 Å². The Bertz CT molecular complexity index is 600. The molecule has 1 saturated heterocycles. The smallest absolute Gasteiger partial charge is 0.275 e. The minimum absolute atomic E-state index is 0.230. The van der Waals surface area contributed by atoms with Crippen molar-refractivity contribution in [2.24, 2.45) is 0 Å². The van der Waals surface area contributed by atoms with E-state index in [1.54, 1.807) is 13.0 Å². The summed E-state index contributed by atoms with van der Waals surface area (Å²) >= 11 is 0. The van der Waals surface area contributed by atoms with Crippen LogP contribution >= 0.6 is 0 Å². The van der Waals surface area contributed by atoms with Crippen LogP contribution in [0.5, 0.6) is 0 Å². The maximum Gasteiger partial charge on any atom is 0.275 e. The van der Waals surface area contributed by atoms with Crippen molar-refractivity contribution < 1.29 is 14.4 Å². The summed E-state index contributed by atoms with van der Waals surface area (Å²) in [5.41, 5.74) is 0.0328. The lowest BCUT2D eigenvalue weighted by Gasteiger charge is -2.39. The summed E-state index contributed by atoms with van der Waals surface area (Å²) in [4.78, 5) is 37.0. The molecule has 7 heteroatoms. The molecule has 1 N–H and O–H groups in total. The average molecular weight is 260 g/mol. The minimum atomic E-state index is -1.01. The van der Waals surface area contributed by atoms with Crippen molar-refractivity contribution in [1.82, 2.24) is 20.4 Å². The second kappa shape index (κ2) is 3.84. The van der Waals surface area contributed by atoms with E-state index in [2.05, 4.69) is 15.5 Å². The van der Waals surface area contributed by atoms with Crippen LogP contribution in [-0.4, -0.2) is 38.4 Å². The zero-order valence-corrected chi connectivity index (χ0v) is 10.3. The zero-order valence-electron chi connectivity index (χ0n) is 10.3. The first-order valence-corrected chi connectivity index (χ1v) is 5.99. The van der Waals surface area contributed by atoms with E-state index in [9.17, 15) is 14.4 Å². The molecule has 2 aliphatic rings. The van der Waals surface area contributed by atoms with Gasteiger partial charge in [0, 0.05) is 24.7 Å². The Hall–Kier alpha value is -2.31. The molecule has 0 saturated carbocycles. The van der Waals surface area contributed by atoms with Crippen LogP contribution < -0.4 is 5.32 Å². The highest BCUT2D eigenvalue weighted by Gasteiger charge is 2.48. The maximum absolute atomic E-state index is 12.3. The fourth-order valence-electron chi connectivity index (χ4n) is 2.49. The minimum Gasteiger partial charge on any atom is -0.318 e.